The van der Waals surface area contributed by atoms with Gasteiger partial charge in [0.1, 0.15) is 0 Å². The fraction of sp³-hybridized carbons (Fsp3) is 0.143. The molecule has 0 aliphatic heterocycles. The Morgan fingerprint density at radius 1 is 0.362 bits per heavy atom. The van der Waals surface area contributed by atoms with Crippen LogP contribution in [-0.2, 0) is 5.41 Å². The van der Waals surface area contributed by atoms with Crippen molar-refractivity contribution in [3.63, 3.8) is 0 Å². The second-order valence-corrected chi connectivity index (χ2v) is 30.8. The molecule has 4 nitrogen and oxygen atoms in total. The summed E-state index contributed by atoms with van der Waals surface area (Å²) in [5.74, 6) is 0. The van der Waals surface area contributed by atoms with E-state index in [1.54, 1.807) is 0 Å². The standard InChI is InChI=1S/C63H58N4Si2/c1-63(2)61-41-47(11-9-45-13-23-51(24-14-45)66(53-27-17-49(43-64)18-28-53)55-31-35-57(36-32-55)68(3,4)5)21-39-59(61)60-40-22-48(42-62(60)63)12-10-46-15-25-52(26-16-46)67(54-29-19-50(44-65)20-30-54)56-33-37-58(38-34-56)69(6,7)8/h9-42H,1-8H3/b11-9+,12-10+. The van der Waals surface area contributed by atoms with Crippen LogP contribution in [0.15, 0.2) is 182 Å². The molecule has 0 amide bonds. The molecule has 0 N–H and O–H groups in total. The predicted molar refractivity (Wildman–Crippen MR) is 300 cm³/mol. The van der Waals surface area contributed by atoms with Crippen LogP contribution in [0.25, 0.3) is 35.4 Å². The normalized spacial score (nSPS) is 12.9. The molecule has 1 aliphatic rings. The van der Waals surface area contributed by atoms with Crippen LogP contribution in [0.2, 0.25) is 39.3 Å². The minimum absolute atomic E-state index is 0.161. The van der Waals surface area contributed by atoms with Crippen LogP contribution in [0.1, 0.15) is 58.4 Å². The molecule has 0 aromatic heterocycles. The number of hydrogen-bond acceptors (Lipinski definition) is 4. The van der Waals surface area contributed by atoms with Gasteiger partial charge in [0.25, 0.3) is 0 Å². The largest absolute Gasteiger partial charge is 0.311 e. The van der Waals surface area contributed by atoms with Gasteiger partial charge in [-0.05, 0) is 142 Å². The summed E-state index contributed by atoms with van der Waals surface area (Å²) in [5.41, 5.74) is 17.3. The van der Waals surface area contributed by atoms with Gasteiger partial charge in [0.2, 0.25) is 0 Å². The Hall–Kier alpha value is -7.75. The highest BCUT2D eigenvalue weighted by atomic mass is 28.3. The van der Waals surface area contributed by atoms with E-state index in [0.717, 1.165) is 45.3 Å². The maximum atomic E-state index is 9.46. The highest BCUT2D eigenvalue weighted by Crippen LogP contribution is 2.49. The Kier molecular flexibility index (Phi) is 12.6. The van der Waals surface area contributed by atoms with Crippen molar-refractivity contribution in [3.8, 4) is 23.3 Å². The minimum Gasteiger partial charge on any atom is -0.311 e. The third kappa shape index (κ3) is 9.83. The Morgan fingerprint density at radius 3 is 0.913 bits per heavy atom. The molecule has 1 aliphatic carbocycles. The van der Waals surface area contributed by atoms with Crippen LogP contribution in [0.4, 0.5) is 34.1 Å². The van der Waals surface area contributed by atoms with Crippen molar-refractivity contribution in [2.24, 2.45) is 0 Å². The van der Waals surface area contributed by atoms with Crippen molar-refractivity contribution in [3.05, 3.63) is 226 Å². The Balaban J connectivity index is 0.914. The zero-order valence-corrected chi connectivity index (χ0v) is 42.9. The Bertz CT molecular complexity index is 3060. The van der Waals surface area contributed by atoms with Crippen LogP contribution < -0.4 is 20.2 Å². The van der Waals surface area contributed by atoms with Gasteiger partial charge in [0.05, 0.1) is 39.4 Å². The van der Waals surface area contributed by atoms with Crippen LogP contribution in [0, 0.1) is 22.7 Å². The summed E-state index contributed by atoms with van der Waals surface area (Å²) < 4.78 is 0. The van der Waals surface area contributed by atoms with E-state index in [-0.39, 0.29) is 5.41 Å². The van der Waals surface area contributed by atoms with Gasteiger partial charge in [-0.1, -0.05) is 173 Å². The zero-order valence-electron chi connectivity index (χ0n) is 40.9. The van der Waals surface area contributed by atoms with Crippen molar-refractivity contribution in [2.75, 3.05) is 9.80 Å². The van der Waals surface area contributed by atoms with Gasteiger partial charge < -0.3 is 9.80 Å². The van der Waals surface area contributed by atoms with Gasteiger partial charge in [0, 0.05) is 39.5 Å². The lowest BCUT2D eigenvalue weighted by Gasteiger charge is -2.26. The van der Waals surface area contributed by atoms with E-state index in [2.05, 4.69) is 233 Å². The van der Waals surface area contributed by atoms with Gasteiger partial charge in [-0.15, -0.1) is 0 Å². The summed E-state index contributed by atoms with van der Waals surface area (Å²) in [6.45, 7) is 18.9. The van der Waals surface area contributed by atoms with E-state index in [0.29, 0.717) is 11.1 Å². The molecule has 0 atom stereocenters. The summed E-state index contributed by atoms with van der Waals surface area (Å²) in [5, 5.41) is 21.8. The first kappa shape index (κ1) is 46.4. The highest BCUT2D eigenvalue weighted by Gasteiger charge is 2.35. The number of anilines is 6. The molecule has 0 radical (unpaired) electrons. The zero-order chi connectivity index (χ0) is 48.5. The number of nitrogens with zero attached hydrogens (tertiary/aromatic N) is 4. The van der Waals surface area contributed by atoms with Crippen molar-refractivity contribution in [1.82, 2.24) is 0 Å². The lowest BCUT2D eigenvalue weighted by molar-refractivity contribution is 0.660. The maximum absolute atomic E-state index is 9.46. The molecule has 0 saturated carbocycles. The number of rotatable bonds is 12. The van der Waals surface area contributed by atoms with E-state index in [9.17, 15) is 10.5 Å². The van der Waals surface area contributed by atoms with Gasteiger partial charge in [-0.25, -0.2) is 0 Å². The van der Waals surface area contributed by atoms with Crippen LogP contribution >= 0.6 is 0 Å². The molecule has 6 heteroatoms. The molecule has 69 heavy (non-hydrogen) atoms. The Labute approximate surface area is 411 Å². The summed E-state index contributed by atoms with van der Waals surface area (Å²) >= 11 is 0. The first-order valence-corrected chi connectivity index (χ1v) is 30.8. The second kappa shape index (κ2) is 18.7. The van der Waals surface area contributed by atoms with E-state index in [1.165, 1.54) is 43.8 Å². The number of hydrogen-bond donors (Lipinski definition) is 0. The van der Waals surface area contributed by atoms with Gasteiger partial charge in [0.15, 0.2) is 0 Å². The van der Waals surface area contributed by atoms with Crippen LogP contribution in [0.3, 0.4) is 0 Å². The topological polar surface area (TPSA) is 54.1 Å². The minimum atomic E-state index is -1.45. The van der Waals surface area contributed by atoms with Crippen LogP contribution in [-0.4, -0.2) is 16.1 Å². The fourth-order valence-electron chi connectivity index (χ4n) is 9.32. The van der Waals surface area contributed by atoms with Crippen molar-refractivity contribution < 1.29 is 0 Å². The molecule has 0 unspecified atom stereocenters. The number of fused-ring (bicyclic) bond motifs is 3. The summed E-state index contributed by atoms with van der Waals surface area (Å²) in [4.78, 5) is 4.51. The van der Waals surface area contributed by atoms with Gasteiger partial charge in [-0.3, -0.25) is 0 Å². The highest BCUT2D eigenvalue weighted by molar-refractivity contribution is 6.89. The fourth-order valence-corrected chi connectivity index (χ4v) is 11.7. The van der Waals surface area contributed by atoms with E-state index < -0.39 is 16.1 Å². The van der Waals surface area contributed by atoms with E-state index in [1.807, 2.05) is 48.5 Å². The molecule has 8 aromatic carbocycles. The maximum Gasteiger partial charge on any atom is 0.0991 e. The average Bonchev–Trinajstić information content (AvgIpc) is 3.58. The molecule has 338 valence electrons. The first-order chi connectivity index (χ1) is 33.1. The van der Waals surface area contributed by atoms with Crippen molar-refractivity contribution >= 4 is 84.9 Å². The molecule has 9 rings (SSSR count). The summed E-state index contributed by atoms with van der Waals surface area (Å²) in [6, 6.07) is 69.2. The molecule has 0 heterocycles. The third-order valence-corrected chi connectivity index (χ3v) is 17.6. The third-order valence-electron chi connectivity index (χ3n) is 13.5. The molecule has 0 spiro atoms. The summed E-state index contributed by atoms with van der Waals surface area (Å²) in [6.07, 6.45) is 8.83. The average molecular weight is 927 g/mol. The quantitative estimate of drug-likeness (QED) is 0.0905. The molecular weight excluding hydrogens is 869 g/mol. The van der Waals surface area contributed by atoms with Crippen molar-refractivity contribution in [1.29, 1.82) is 10.5 Å². The van der Waals surface area contributed by atoms with E-state index >= 15 is 0 Å². The monoisotopic (exact) mass is 926 g/mol. The second-order valence-electron chi connectivity index (χ2n) is 20.7. The smallest absolute Gasteiger partial charge is 0.0991 e. The predicted octanol–water partition coefficient (Wildman–Crippen LogP) is 16.1. The number of nitriles is 2. The lowest BCUT2D eigenvalue weighted by Crippen LogP contribution is -2.37. The van der Waals surface area contributed by atoms with Gasteiger partial charge >= 0.3 is 0 Å². The molecular formula is C63H58N4Si2. The molecule has 0 fully saturated rings. The van der Waals surface area contributed by atoms with Crippen LogP contribution in [0.5, 0.6) is 0 Å². The number of benzene rings is 8. The van der Waals surface area contributed by atoms with E-state index in [4.69, 9.17) is 0 Å². The Morgan fingerprint density at radius 2 is 0.623 bits per heavy atom. The molecule has 0 saturated heterocycles. The summed E-state index contributed by atoms with van der Waals surface area (Å²) in [7, 11) is -2.90. The lowest BCUT2D eigenvalue weighted by atomic mass is 9.81. The van der Waals surface area contributed by atoms with Gasteiger partial charge in [-0.2, -0.15) is 10.5 Å². The van der Waals surface area contributed by atoms with Crippen molar-refractivity contribution in [2.45, 2.75) is 58.5 Å². The SMILES string of the molecule is CC1(C)c2cc(/C=C/c3ccc(N(c4ccc(C#N)cc4)c4ccc([Si](C)(C)C)cc4)cc3)ccc2-c2ccc(/C=C/c3ccc(N(c4ccc(C#N)cc4)c4ccc([Si](C)(C)C)cc4)cc3)cc21. The molecule has 8 aromatic rings. The molecule has 0 bridgehead atoms. The first-order valence-electron chi connectivity index (χ1n) is 23.8.